The van der Waals surface area contributed by atoms with Crippen molar-refractivity contribution >= 4 is 10.8 Å². The van der Waals surface area contributed by atoms with E-state index in [4.69, 9.17) is 0 Å². The van der Waals surface area contributed by atoms with E-state index < -0.39 is 0 Å². The minimum atomic E-state index is -0.122. The molecule has 33 heavy (non-hydrogen) atoms. The normalized spacial score (nSPS) is 18.3. The van der Waals surface area contributed by atoms with Crippen molar-refractivity contribution in [2.45, 2.75) is 64.2 Å². The molecule has 1 aliphatic rings. The summed E-state index contributed by atoms with van der Waals surface area (Å²) in [7, 11) is 0. The number of aryl methyl sites for hydroxylation is 2. The van der Waals surface area contributed by atoms with Crippen LogP contribution in [0.1, 0.15) is 62.5 Å². The molecule has 3 aromatic rings. The molecule has 172 valence electrons. The highest BCUT2D eigenvalue weighted by Crippen LogP contribution is 2.34. The van der Waals surface area contributed by atoms with Crippen molar-refractivity contribution in [3.63, 3.8) is 0 Å². The molecule has 0 spiro atoms. The van der Waals surface area contributed by atoms with Gasteiger partial charge in [-0.05, 0) is 72.4 Å². The van der Waals surface area contributed by atoms with Crippen molar-refractivity contribution < 1.29 is 4.39 Å². The van der Waals surface area contributed by atoms with Crippen LogP contribution in [0.4, 0.5) is 4.39 Å². The van der Waals surface area contributed by atoms with E-state index in [1.54, 1.807) is 0 Å². The zero-order valence-corrected chi connectivity index (χ0v) is 19.9. The van der Waals surface area contributed by atoms with Crippen LogP contribution < -0.4 is 0 Å². The van der Waals surface area contributed by atoms with E-state index in [-0.39, 0.29) is 5.82 Å². The highest BCUT2D eigenvalue weighted by atomic mass is 19.1. The molecular weight excluding hydrogens is 403 g/mol. The largest absolute Gasteiger partial charge is 0.206 e. The van der Waals surface area contributed by atoms with Gasteiger partial charge in [0.2, 0.25) is 0 Å². The number of hydrogen-bond acceptors (Lipinski definition) is 0. The molecule has 1 fully saturated rings. The van der Waals surface area contributed by atoms with E-state index >= 15 is 4.39 Å². The van der Waals surface area contributed by atoms with Gasteiger partial charge in [-0.25, -0.2) is 4.39 Å². The Kier molecular flexibility index (Phi) is 8.15. The average molecular weight is 441 g/mol. The molecule has 1 aliphatic carbocycles. The predicted octanol–water partition coefficient (Wildman–Crippen LogP) is 9.47. The summed E-state index contributed by atoms with van der Waals surface area (Å²) < 4.78 is 15.3. The molecule has 0 radical (unpaired) electrons. The highest BCUT2D eigenvalue weighted by molar-refractivity contribution is 5.88. The van der Waals surface area contributed by atoms with E-state index in [1.165, 1.54) is 49.7 Å². The molecule has 0 unspecified atom stereocenters. The van der Waals surface area contributed by atoms with Gasteiger partial charge in [-0.2, -0.15) is 0 Å². The van der Waals surface area contributed by atoms with Crippen LogP contribution in [0.5, 0.6) is 0 Å². The highest BCUT2D eigenvalue weighted by Gasteiger charge is 2.20. The van der Waals surface area contributed by atoms with Crippen molar-refractivity contribution in [2.24, 2.45) is 11.8 Å². The van der Waals surface area contributed by atoms with Gasteiger partial charge in [0.1, 0.15) is 5.82 Å². The molecule has 0 amide bonds. The Morgan fingerprint density at radius 1 is 0.727 bits per heavy atom. The van der Waals surface area contributed by atoms with Crippen molar-refractivity contribution in [1.29, 1.82) is 0 Å². The first-order valence-corrected chi connectivity index (χ1v) is 12.7. The maximum atomic E-state index is 15.3. The molecule has 0 heterocycles. The fraction of sp³-hybridized carbons (Fsp3) is 0.375. The molecule has 4 rings (SSSR count). The minimum absolute atomic E-state index is 0.122. The molecular formula is C32H37F. The van der Waals surface area contributed by atoms with Gasteiger partial charge in [0.15, 0.2) is 0 Å². The van der Waals surface area contributed by atoms with Crippen LogP contribution in [0.3, 0.4) is 0 Å². The number of benzene rings is 3. The first-order valence-electron chi connectivity index (χ1n) is 12.7. The van der Waals surface area contributed by atoms with Crippen LogP contribution in [-0.4, -0.2) is 0 Å². The Labute approximate surface area is 199 Å². The Hall–Kier alpha value is -2.67. The number of allylic oxidation sites excluding steroid dienone is 2. The lowest BCUT2D eigenvalue weighted by molar-refractivity contribution is 0.254. The van der Waals surface area contributed by atoms with Gasteiger partial charge in [-0.1, -0.05) is 92.4 Å². The summed E-state index contributed by atoms with van der Waals surface area (Å²) in [5, 5.41) is 1.66. The summed E-state index contributed by atoms with van der Waals surface area (Å²) in [4.78, 5) is 0. The molecule has 0 nitrogen and oxygen atoms in total. The monoisotopic (exact) mass is 440 g/mol. The van der Waals surface area contributed by atoms with Gasteiger partial charge in [0, 0.05) is 10.9 Å². The molecule has 0 N–H and O–H groups in total. The smallest absolute Gasteiger partial charge is 0.138 e. The summed E-state index contributed by atoms with van der Waals surface area (Å²) in [6, 6.07) is 18.6. The predicted molar refractivity (Wildman–Crippen MR) is 141 cm³/mol. The lowest BCUT2D eigenvalue weighted by atomic mass is 9.78. The van der Waals surface area contributed by atoms with Crippen molar-refractivity contribution in [1.82, 2.24) is 0 Å². The quantitative estimate of drug-likeness (QED) is 0.275. The average Bonchev–Trinajstić information content (AvgIpc) is 2.86. The van der Waals surface area contributed by atoms with Crippen molar-refractivity contribution in [3.05, 3.63) is 96.9 Å². The second-order valence-corrected chi connectivity index (χ2v) is 9.80. The fourth-order valence-corrected chi connectivity index (χ4v) is 5.37. The molecule has 0 atom stereocenters. The van der Waals surface area contributed by atoms with Gasteiger partial charge in [0.05, 0.1) is 0 Å². The Morgan fingerprint density at radius 2 is 1.39 bits per heavy atom. The van der Waals surface area contributed by atoms with E-state index in [2.05, 4.69) is 49.6 Å². The van der Waals surface area contributed by atoms with E-state index in [0.717, 1.165) is 48.5 Å². The summed E-state index contributed by atoms with van der Waals surface area (Å²) in [6.07, 6.45) is 16.3. The molecule has 0 saturated heterocycles. The molecule has 0 bridgehead atoms. The Morgan fingerprint density at radius 3 is 2.09 bits per heavy atom. The SMILES string of the molecule is C=CCCc1ccc2c(F)c(-c3ccc(CCC4CCC(CCC=C)CC4)cc3)ccc2c1. The molecule has 1 saturated carbocycles. The third-order valence-electron chi connectivity index (χ3n) is 7.51. The summed E-state index contributed by atoms with van der Waals surface area (Å²) in [5.41, 5.74) is 4.23. The maximum absolute atomic E-state index is 15.3. The third-order valence-corrected chi connectivity index (χ3v) is 7.51. The fourth-order valence-electron chi connectivity index (χ4n) is 5.37. The number of rotatable bonds is 10. The standard InChI is InChI=1S/C32H37F/c1-3-5-7-24-9-11-25(12-10-24)13-14-26-15-18-28(19-16-26)30-22-20-29-23-27(8-6-4-2)17-21-31(29)32(30)33/h3-4,15-25H,1-2,5-14H2. The first-order chi connectivity index (χ1) is 16.2. The minimum Gasteiger partial charge on any atom is -0.206 e. The summed E-state index contributed by atoms with van der Waals surface area (Å²) in [6.45, 7) is 7.64. The van der Waals surface area contributed by atoms with Crippen molar-refractivity contribution in [2.75, 3.05) is 0 Å². The van der Waals surface area contributed by atoms with Crippen LogP contribution in [0.25, 0.3) is 21.9 Å². The Balaban J connectivity index is 1.37. The van der Waals surface area contributed by atoms with Gasteiger partial charge in [-0.3, -0.25) is 0 Å². The van der Waals surface area contributed by atoms with Crippen LogP contribution in [0, 0.1) is 17.7 Å². The first kappa shape index (κ1) is 23.5. The molecule has 0 aromatic heterocycles. The molecule has 1 heteroatoms. The zero-order chi connectivity index (χ0) is 23.0. The second-order valence-electron chi connectivity index (χ2n) is 9.80. The lowest BCUT2D eigenvalue weighted by Gasteiger charge is -2.28. The van der Waals surface area contributed by atoms with E-state index in [0.29, 0.717) is 10.9 Å². The zero-order valence-electron chi connectivity index (χ0n) is 19.9. The van der Waals surface area contributed by atoms with Crippen LogP contribution in [0.2, 0.25) is 0 Å². The van der Waals surface area contributed by atoms with Gasteiger partial charge in [-0.15, -0.1) is 13.2 Å². The van der Waals surface area contributed by atoms with E-state index in [9.17, 15) is 0 Å². The number of halogens is 1. The second kappa shape index (κ2) is 11.5. The van der Waals surface area contributed by atoms with Crippen LogP contribution in [0.15, 0.2) is 79.9 Å². The number of hydrogen-bond donors (Lipinski definition) is 0. The van der Waals surface area contributed by atoms with Crippen LogP contribution in [-0.2, 0) is 12.8 Å². The maximum Gasteiger partial charge on any atom is 0.138 e. The third kappa shape index (κ3) is 6.02. The molecule has 0 aliphatic heterocycles. The summed E-state index contributed by atoms with van der Waals surface area (Å²) >= 11 is 0. The van der Waals surface area contributed by atoms with Gasteiger partial charge in [0.25, 0.3) is 0 Å². The Bertz CT molecular complexity index is 1070. The van der Waals surface area contributed by atoms with E-state index in [1.807, 2.05) is 30.3 Å². The van der Waals surface area contributed by atoms with Gasteiger partial charge < -0.3 is 0 Å². The topological polar surface area (TPSA) is 0 Å². The van der Waals surface area contributed by atoms with Gasteiger partial charge >= 0.3 is 0 Å². The van der Waals surface area contributed by atoms with Crippen molar-refractivity contribution in [3.8, 4) is 11.1 Å². The van der Waals surface area contributed by atoms with Crippen LogP contribution >= 0.6 is 0 Å². The molecule has 3 aromatic carbocycles. The lowest BCUT2D eigenvalue weighted by Crippen LogP contribution is -2.15. The number of fused-ring (bicyclic) bond motifs is 1. The summed E-state index contributed by atoms with van der Waals surface area (Å²) in [5.74, 6) is 1.65.